The zero-order valence-corrected chi connectivity index (χ0v) is 7.84. The lowest BCUT2D eigenvalue weighted by molar-refractivity contribution is 0.626. The SMILES string of the molecule is [B]c1ccc2c(c1)CCNCCC2. The number of hydrogen-bond acceptors (Lipinski definition) is 1. The minimum absolute atomic E-state index is 0.888. The van der Waals surface area contributed by atoms with Crippen LogP contribution in [0.3, 0.4) is 0 Å². The minimum Gasteiger partial charge on any atom is -0.316 e. The van der Waals surface area contributed by atoms with Crippen molar-refractivity contribution in [3.05, 3.63) is 29.3 Å². The number of aryl methyl sites for hydroxylation is 1. The van der Waals surface area contributed by atoms with Crippen LogP contribution in [0.5, 0.6) is 0 Å². The van der Waals surface area contributed by atoms with Gasteiger partial charge in [0.1, 0.15) is 7.85 Å². The molecule has 0 unspecified atom stereocenters. The summed E-state index contributed by atoms with van der Waals surface area (Å²) in [6.45, 7) is 2.22. The molecule has 2 rings (SSSR count). The molecule has 0 bridgehead atoms. The monoisotopic (exact) mass is 171 g/mol. The third-order valence-corrected chi connectivity index (χ3v) is 2.60. The highest BCUT2D eigenvalue weighted by molar-refractivity contribution is 6.32. The van der Waals surface area contributed by atoms with Crippen molar-refractivity contribution in [2.75, 3.05) is 13.1 Å². The summed E-state index contributed by atoms with van der Waals surface area (Å²) < 4.78 is 0. The second-order valence-corrected chi connectivity index (χ2v) is 3.63. The van der Waals surface area contributed by atoms with Gasteiger partial charge in [0.25, 0.3) is 0 Å². The summed E-state index contributed by atoms with van der Waals surface area (Å²) in [5.74, 6) is 0. The second kappa shape index (κ2) is 3.97. The molecule has 0 atom stereocenters. The van der Waals surface area contributed by atoms with Crippen LogP contribution in [0.25, 0.3) is 0 Å². The summed E-state index contributed by atoms with van der Waals surface area (Å²) in [5, 5.41) is 3.41. The van der Waals surface area contributed by atoms with Gasteiger partial charge in [-0.2, -0.15) is 0 Å². The Balaban J connectivity index is 2.28. The van der Waals surface area contributed by atoms with Crippen molar-refractivity contribution in [2.24, 2.45) is 0 Å². The number of hydrogen-bond donors (Lipinski definition) is 1. The van der Waals surface area contributed by atoms with Gasteiger partial charge in [-0.3, -0.25) is 0 Å². The highest BCUT2D eigenvalue weighted by Gasteiger charge is 2.05. The van der Waals surface area contributed by atoms with E-state index >= 15 is 0 Å². The molecule has 0 saturated heterocycles. The lowest BCUT2D eigenvalue weighted by Crippen LogP contribution is -2.23. The summed E-state index contributed by atoms with van der Waals surface area (Å²) in [7, 11) is 5.75. The summed E-state index contributed by atoms with van der Waals surface area (Å²) in [5.41, 5.74) is 3.79. The van der Waals surface area contributed by atoms with Crippen molar-refractivity contribution >= 4 is 13.3 Å². The maximum Gasteiger partial charge on any atom is 0.113 e. The van der Waals surface area contributed by atoms with Crippen LogP contribution in [-0.2, 0) is 12.8 Å². The van der Waals surface area contributed by atoms with Gasteiger partial charge in [-0.15, -0.1) is 0 Å². The molecular weight excluding hydrogens is 157 g/mol. The molecule has 1 nitrogen and oxygen atoms in total. The van der Waals surface area contributed by atoms with Crippen molar-refractivity contribution in [1.29, 1.82) is 0 Å². The molecule has 66 valence electrons. The maximum atomic E-state index is 5.75. The Kier molecular flexibility index (Phi) is 2.69. The molecule has 1 heterocycles. The van der Waals surface area contributed by atoms with Crippen molar-refractivity contribution in [2.45, 2.75) is 19.3 Å². The highest BCUT2D eigenvalue weighted by atomic mass is 14.8. The zero-order chi connectivity index (χ0) is 9.10. The first-order valence-corrected chi connectivity index (χ1v) is 4.94. The number of benzene rings is 1. The standard InChI is InChI=1S/C11H14BN/c12-11-4-3-9-2-1-6-13-7-5-10(9)8-11/h3-4,8,13H,1-2,5-7H2. The normalized spacial score (nSPS) is 17.2. The molecule has 0 spiro atoms. The largest absolute Gasteiger partial charge is 0.316 e. The first-order chi connectivity index (χ1) is 6.36. The minimum atomic E-state index is 0.888. The summed E-state index contributed by atoms with van der Waals surface area (Å²) >= 11 is 0. The predicted octanol–water partition coefficient (Wildman–Crippen LogP) is 0.559. The van der Waals surface area contributed by atoms with Crippen LogP contribution in [0.2, 0.25) is 0 Å². The maximum absolute atomic E-state index is 5.75. The van der Waals surface area contributed by atoms with Crippen molar-refractivity contribution in [3.8, 4) is 0 Å². The van der Waals surface area contributed by atoms with Crippen LogP contribution < -0.4 is 10.8 Å². The zero-order valence-electron chi connectivity index (χ0n) is 7.84. The average molecular weight is 171 g/mol. The smallest absolute Gasteiger partial charge is 0.113 e. The Morgan fingerprint density at radius 2 is 2.00 bits per heavy atom. The van der Waals surface area contributed by atoms with E-state index < -0.39 is 0 Å². The van der Waals surface area contributed by atoms with E-state index in [0.29, 0.717) is 0 Å². The third kappa shape index (κ3) is 2.13. The van der Waals surface area contributed by atoms with Crippen LogP contribution >= 0.6 is 0 Å². The molecule has 0 aliphatic carbocycles. The molecule has 2 radical (unpaired) electrons. The van der Waals surface area contributed by atoms with E-state index in [9.17, 15) is 0 Å². The van der Waals surface area contributed by atoms with Gasteiger partial charge < -0.3 is 5.32 Å². The predicted molar refractivity (Wildman–Crippen MR) is 56.7 cm³/mol. The van der Waals surface area contributed by atoms with Crippen molar-refractivity contribution < 1.29 is 0 Å². The van der Waals surface area contributed by atoms with Crippen LogP contribution in [0.4, 0.5) is 0 Å². The van der Waals surface area contributed by atoms with Gasteiger partial charge in [-0.25, -0.2) is 0 Å². The summed E-state index contributed by atoms with van der Waals surface area (Å²) in [6, 6.07) is 6.30. The van der Waals surface area contributed by atoms with E-state index in [1.54, 1.807) is 0 Å². The van der Waals surface area contributed by atoms with Crippen molar-refractivity contribution in [1.82, 2.24) is 5.32 Å². The van der Waals surface area contributed by atoms with Gasteiger partial charge in [0.15, 0.2) is 0 Å². The van der Waals surface area contributed by atoms with E-state index in [2.05, 4.69) is 17.4 Å². The lowest BCUT2D eigenvalue weighted by Gasteiger charge is -2.15. The Morgan fingerprint density at radius 1 is 1.08 bits per heavy atom. The molecule has 1 aromatic carbocycles. The van der Waals surface area contributed by atoms with Gasteiger partial charge >= 0.3 is 0 Å². The van der Waals surface area contributed by atoms with Crippen LogP contribution in [-0.4, -0.2) is 20.9 Å². The second-order valence-electron chi connectivity index (χ2n) is 3.63. The fourth-order valence-corrected chi connectivity index (χ4v) is 1.87. The Bertz CT molecular complexity index is 296. The van der Waals surface area contributed by atoms with Crippen molar-refractivity contribution in [3.63, 3.8) is 0 Å². The molecule has 1 N–H and O–H groups in total. The van der Waals surface area contributed by atoms with E-state index in [1.165, 1.54) is 24.0 Å². The first kappa shape index (κ1) is 8.83. The molecule has 1 aliphatic rings. The quantitative estimate of drug-likeness (QED) is 0.562. The van der Waals surface area contributed by atoms with E-state index in [0.717, 1.165) is 25.0 Å². The Morgan fingerprint density at radius 3 is 2.92 bits per heavy atom. The first-order valence-electron chi connectivity index (χ1n) is 4.94. The molecular formula is C11H14BN. The number of fused-ring (bicyclic) bond motifs is 1. The molecule has 2 heteroatoms. The Hall–Kier alpha value is -0.755. The fourth-order valence-electron chi connectivity index (χ4n) is 1.87. The van der Waals surface area contributed by atoms with Crippen LogP contribution in [0.1, 0.15) is 17.5 Å². The Labute approximate surface area is 81.0 Å². The molecule has 0 fully saturated rings. The molecule has 13 heavy (non-hydrogen) atoms. The number of rotatable bonds is 0. The molecule has 1 aliphatic heterocycles. The van der Waals surface area contributed by atoms with Crippen LogP contribution in [0.15, 0.2) is 18.2 Å². The van der Waals surface area contributed by atoms with Gasteiger partial charge in [0.05, 0.1) is 0 Å². The van der Waals surface area contributed by atoms with Gasteiger partial charge in [0.2, 0.25) is 0 Å². The summed E-state index contributed by atoms with van der Waals surface area (Å²) in [4.78, 5) is 0. The van der Waals surface area contributed by atoms with Gasteiger partial charge in [0, 0.05) is 0 Å². The third-order valence-electron chi connectivity index (χ3n) is 2.60. The van der Waals surface area contributed by atoms with Crippen LogP contribution in [0, 0.1) is 0 Å². The van der Waals surface area contributed by atoms with E-state index in [4.69, 9.17) is 7.85 Å². The van der Waals surface area contributed by atoms with E-state index in [1.807, 2.05) is 6.07 Å². The number of nitrogens with one attached hydrogen (secondary N) is 1. The topological polar surface area (TPSA) is 12.0 Å². The lowest BCUT2D eigenvalue weighted by atomic mass is 9.89. The van der Waals surface area contributed by atoms with Gasteiger partial charge in [-0.1, -0.05) is 23.7 Å². The van der Waals surface area contributed by atoms with Gasteiger partial charge in [-0.05, 0) is 43.5 Å². The molecule has 0 aromatic heterocycles. The molecule has 1 aromatic rings. The summed E-state index contributed by atoms with van der Waals surface area (Å²) in [6.07, 6.45) is 3.53. The highest BCUT2D eigenvalue weighted by Crippen LogP contribution is 2.11. The fraction of sp³-hybridized carbons (Fsp3) is 0.455. The average Bonchev–Trinajstić information content (AvgIpc) is 2.08. The van der Waals surface area contributed by atoms with E-state index in [-0.39, 0.29) is 0 Å². The molecule has 0 saturated carbocycles. The molecule has 0 amide bonds.